The smallest absolute Gasteiger partial charge is 0.290 e. The molecular formula is C42H45N7O8S2. The fraction of sp³-hybridized carbons (Fsp3) is 0.452. The second-order valence-corrected chi connectivity index (χ2v) is 18.6. The van der Waals surface area contributed by atoms with Gasteiger partial charge in [0.1, 0.15) is 29.4 Å². The van der Waals surface area contributed by atoms with E-state index in [2.05, 4.69) is 26.4 Å². The molecule has 1 aromatic carbocycles. The number of rotatable bonds is 10. The molecule has 15 nitrogen and oxygen atoms in total. The summed E-state index contributed by atoms with van der Waals surface area (Å²) in [5, 5.41) is 10.9. The van der Waals surface area contributed by atoms with Crippen LogP contribution in [0.25, 0.3) is 21.6 Å². The average molecular weight is 840 g/mol. The van der Waals surface area contributed by atoms with Gasteiger partial charge in [-0.15, -0.1) is 23.7 Å². The number of nitrogens with one attached hydrogen (secondary N) is 3. The van der Waals surface area contributed by atoms with Crippen molar-refractivity contribution in [1.29, 1.82) is 0 Å². The van der Waals surface area contributed by atoms with Crippen molar-refractivity contribution in [3.05, 3.63) is 71.5 Å². The predicted molar refractivity (Wildman–Crippen MR) is 218 cm³/mol. The predicted octanol–water partition coefficient (Wildman–Crippen LogP) is 4.59. The van der Waals surface area contributed by atoms with Crippen molar-refractivity contribution in [2.24, 2.45) is 5.92 Å². The van der Waals surface area contributed by atoms with Crippen molar-refractivity contribution in [1.82, 2.24) is 35.4 Å². The van der Waals surface area contributed by atoms with E-state index in [1.807, 2.05) is 53.9 Å². The molecule has 0 bridgehead atoms. The molecule has 4 unspecified atom stereocenters. The van der Waals surface area contributed by atoms with Gasteiger partial charge in [-0.1, -0.05) is 48.3 Å². The van der Waals surface area contributed by atoms with Gasteiger partial charge in [0.2, 0.25) is 33.5 Å². The van der Waals surface area contributed by atoms with E-state index in [1.54, 1.807) is 6.92 Å². The topological polar surface area (TPSA) is 203 Å². The Bertz CT molecular complexity index is 2440. The van der Waals surface area contributed by atoms with Gasteiger partial charge in [0, 0.05) is 24.8 Å². The Labute approximate surface area is 345 Å². The summed E-state index contributed by atoms with van der Waals surface area (Å²) in [7, 11) is -3.94. The lowest BCUT2D eigenvalue weighted by Crippen LogP contribution is -2.59. The molecule has 1 saturated heterocycles. The SMILES string of the molecule is C#CCC[C@H]1[C@H](Oc2nc3ccccc3nc2-c2cccs2)CC2C(=O)NC3(C(=O)NS(=O)(=O)C4CC4)CC3/C=C\CCCCCC(NC(=O)c3cc(C)no3)C(=O)N21. The molecule has 17 heteroatoms. The summed E-state index contributed by atoms with van der Waals surface area (Å²) in [6.07, 6.45) is 13.2. The lowest BCUT2D eigenvalue weighted by Gasteiger charge is -2.34. The normalized spacial score (nSPS) is 26.6. The second kappa shape index (κ2) is 16.6. The number of terminal acetylenes is 1. The van der Waals surface area contributed by atoms with Crippen LogP contribution in [-0.2, 0) is 24.4 Å². The zero-order valence-corrected chi connectivity index (χ0v) is 34.1. The highest BCUT2D eigenvalue weighted by Gasteiger charge is 2.62. The van der Waals surface area contributed by atoms with E-state index in [4.69, 9.17) is 25.7 Å². The molecule has 3 N–H and O–H groups in total. The zero-order chi connectivity index (χ0) is 41.3. The van der Waals surface area contributed by atoms with Crippen LogP contribution >= 0.6 is 11.3 Å². The van der Waals surface area contributed by atoms with E-state index in [1.165, 1.54) is 22.3 Å². The molecule has 3 aromatic heterocycles. The van der Waals surface area contributed by atoms with Crippen LogP contribution in [0.4, 0.5) is 0 Å². The first-order chi connectivity index (χ1) is 28.5. The maximum atomic E-state index is 15.1. The van der Waals surface area contributed by atoms with Gasteiger partial charge < -0.3 is 24.8 Å². The number of ether oxygens (including phenoxy) is 1. The van der Waals surface area contributed by atoms with Crippen molar-refractivity contribution in [3.8, 4) is 28.8 Å². The van der Waals surface area contributed by atoms with Gasteiger partial charge >= 0.3 is 0 Å². The van der Waals surface area contributed by atoms with Crippen molar-refractivity contribution >= 4 is 56.0 Å². The number of aromatic nitrogens is 3. The number of hydrogen-bond acceptors (Lipinski definition) is 12. The summed E-state index contributed by atoms with van der Waals surface area (Å²) < 4.78 is 40.2. The first-order valence-corrected chi connectivity index (χ1v) is 22.4. The van der Waals surface area contributed by atoms with Crippen LogP contribution in [0.3, 0.4) is 0 Å². The van der Waals surface area contributed by atoms with Crippen LogP contribution in [-0.4, -0.2) is 87.1 Å². The summed E-state index contributed by atoms with van der Waals surface area (Å²) in [5.41, 5.74) is 0.647. The third kappa shape index (κ3) is 8.46. The second-order valence-electron chi connectivity index (χ2n) is 15.7. The Hall–Kier alpha value is -5.60. The van der Waals surface area contributed by atoms with Gasteiger partial charge in [-0.3, -0.25) is 23.9 Å². The number of sulfonamides is 1. The largest absolute Gasteiger partial charge is 0.470 e. The maximum Gasteiger partial charge on any atom is 0.290 e. The minimum absolute atomic E-state index is 0.0360. The van der Waals surface area contributed by atoms with Crippen LogP contribution in [0.15, 0.2) is 64.5 Å². The van der Waals surface area contributed by atoms with Crippen LogP contribution in [0.2, 0.25) is 0 Å². The Morgan fingerprint density at radius 1 is 1.10 bits per heavy atom. The number of thiophene rings is 1. The molecule has 5 heterocycles. The molecule has 308 valence electrons. The number of fused-ring (bicyclic) bond motifs is 3. The number of para-hydroxylation sites is 2. The van der Waals surface area contributed by atoms with Crippen LogP contribution in [0.1, 0.15) is 86.9 Å². The number of allylic oxidation sites excluding steroid dienone is 1. The zero-order valence-electron chi connectivity index (χ0n) is 32.5. The molecule has 2 aliphatic carbocycles. The molecule has 4 amide bonds. The Morgan fingerprint density at radius 3 is 2.61 bits per heavy atom. The number of nitrogens with zero attached hydrogens (tertiary/aromatic N) is 4. The van der Waals surface area contributed by atoms with Gasteiger partial charge in [-0.25, -0.2) is 18.4 Å². The van der Waals surface area contributed by atoms with E-state index < -0.39 is 74.6 Å². The fourth-order valence-corrected chi connectivity index (χ4v) is 10.1. The molecule has 0 spiro atoms. The van der Waals surface area contributed by atoms with Crippen molar-refractivity contribution < 1.29 is 36.9 Å². The molecule has 3 fully saturated rings. The van der Waals surface area contributed by atoms with Gasteiger partial charge in [-0.05, 0) is 75.4 Å². The maximum absolute atomic E-state index is 15.1. The summed E-state index contributed by atoms with van der Waals surface area (Å²) >= 11 is 1.46. The number of carbonyl (C=O) groups excluding carboxylic acids is 4. The monoisotopic (exact) mass is 839 g/mol. The molecule has 59 heavy (non-hydrogen) atoms. The molecule has 4 aromatic rings. The standard InChI is InChI=1S/C42H45N7O8S2/c1-3-4-17-31-33(56-39-36(35-18-12-21-58-35)43-28-14-10-11-15-29(28)45-39)23-32-37(50)46-42(41(53)48-59(54,55)27-19-20-27)24-26(42)13-8-6-5-7-9-16-30(40(52)49(31)32)44-38(51)34-22-25(2)47-57-34/h1,8,10-15,18,21-22,26-27,30-33H,4-7,9,16-17,19-20,23-24H2,2H3,(H,44,51)(H,46,50)(H,48,53)/b13-8-/t26?,30?,31-,32?,33+,42?/m0/s1. The lowest BCUT2D eigenvalue weighted by atomic mass is 10.0. The van der Waals surface area contributed by atoms with E-state index in [0.717, 1.165) is 17.7 Å². The number of benzene rings is 1. The summed E-state index contributed by atoms with van der Waals surface area (Å²) in [5.74, 6) is -0.340. The van der Waals surface area contributed by atoms with E-state index in [-0.39, 0.29) is 43.7 Å². The first-order valence-electron chi connectivity index (χ1n) is 20.0. The quantitative estimate of drug-likeness (QED) is 0.149. The average Bonchev–Trinajstić information content (AvgIpc) is 4.01. The number of hydrogen-bond donors (Lipinski definition) is 3. The summed E-state index contributed by atoms with van der Waals surface area (Å²) in [6.45, 7) is 1.68. The van der Waals surface area contributed by atoms with Crippen molar-refractivity contribution in [3.63, 3.8) is 0 Å². The minimum atomic E-state index is -3.94. The first kappa shape index (κ1) is 40.2. The highest BCUT2D eigenvalue weighted by molar-refractivity contribution is 7.91. The number of amides is 4. The molecular weight excluding hydrogens is 795 g/mol. The highest BCUT2D eigenvalue weighted by atomic mass is 32.2. The molecule has 2 aliphatic heterocycles. The Kier molecular flexibility index (Phi) is 11.3. The van der Waals surface area contributed by atoms with Crippen molar-refractivity contribution in [2.75, 3.05) is 0 Å². The number of carbonyl (C=O) groups is 4. The van der Waals surface area contributed by atoms with Gasteiger partial charge in [-0.2, -0.15) is 0 Å². The third-order valence-electron chi connectivity index (χ3n) is 11.4. The van der Waals surface area contributed by atoms with Crippen LogP contribution < -0.4 is 20.1 Å². The molecule has 4 aliphatic rings. The summed E-state index contributed by atoms with van der Waals surface area (Å²) in [4.78, 5) is 69.5. The van der Waals surface area contributed by atoms with E-state index in [0.29, 0.717) is 48.1 Å². The summed E-state index contributed by atoms with van der Waals surface area (Å²) in [6, 6.07) is 9.53. The molecule has 0 radical (unpaired) electrons. The van der Waals surface area contributed by atoms with Gasteiger partial charge in [0.05, 0.1) is 32.9 Å². The van der Waals surface area contributed by atoms with Crippen molar-refractivity contribution in [2.45, 2.75) is 113 Å². The lowest BCUT2D eigenvalue weighted by molar-refractivity contribution is -0.143. The third-order valence-corrected chi connectivity index (χ3v) is 14.1. The van der Waals surface area contributed by atoms with Gasteiger partial charge in [0.15, 0.2) is 0 Å². The fourth-order valence-electron chi connectivity index (χ4n) is 8.07. The molecule has 2 saturated carbocycles. The minimum Gasteiger partial charge on any atom is -0.470 e. The van der Waals surface area contributed by atoms with Crippen LogP contribution in [0.5, 0.6) is 5.88 Å². The molecule has 6 atom stereocenters. The van der Waals surface area contributed by atoms with E-state index >= 15 is 4.79 Å². The molecule has 8 rings (SSSR count). The van der Waals surface area contributed by atoms with E-state index in [9.17, 15) is 22.8 Å². The van der Waals surface area contributed by atoms with Crippen LogP contribution in [0, 0.1) is 25.2 Å². The highest BCUT2D eigenvalue weighted by Crippen LogP contribution is 2.46. The van der Waals surface area contributed by atoms with Gasteiger partial charge in [0.25, 0.3) is 11.8 Å². The Balaban J connectivity index is 1.19. The number of aryl methyl sites for hydroxylation is 1. The Morgan fingerprint density at radius 2 is 1.90 bits per heavy atom.